The average Bonchev–Trinajstić information content (AvgIpc) is 2.88. The van der Waals surface area contributed by atoms with Crippen molar-refractivity contribution >= 4 is 0 Å². The van der Waals surface area contributed by atoms with Gasteiger partial charge in [-0.05, 0) is 36.4 Å². The average molecular weight is 270 g/mol. The van der Waals surface area contributed by atoms with Gasteiger partial charge in [0.15, 0.2) is 0 Å². The molecule has 100 valence electrons. The highest BCUT2D eigenvalue weighted by Crippen LogP contribution is 2.29. The third-order valence-corrected chi connectivity index (χ3v) is 2.70. The van der Waals surface area contributed by atoms with Gasteiger partial charge in [0.25, 0.3) is 5.89 Å². The van der Waals surface area contributed by atoms with Gasteiger partial charge in [-0.3, -0.25) is 0 Å². The van der Waals surface area contributed by atoms with Crippen molar-refractivity contribution in [2.45, 2.75) is 0 Å². The van der Waals surface area contributed by atoms with Crippen LogP contribution < -0.4 is 0 Å². The van der Waals surface area contributed by atoms with Crippen LogP contribution in [0.15, 0.2) is 47.0 Å². The second-order valence-electron chi connectivity index (χ2n) is 4.21. The predicted molar refractivity (Wildman–Crippen MR) is 70.2 cm³/mol. The maximum Gasteiger partial charge on any atom is 0.258 e. The fraction of sp³-hybridized carbons (Fsp3) is 0. The number of aromatic hydroxyl groups is 3. The lowest BCUT2D eigenvalue weighted by molar-refractivity contribution is 0.428. The summed E-state index contributed by atoms with van der Waals surface area (Å²) in [6.45, 7) is 0. The van der Waals surface area contributed by atoms with Gasteiger partial charge in [0.05, 0.1) is 0 Å². The molecule has 0 spiro atoms. The summed E-state index contributed by atoms with van der Waals surface area (Å²) in [7, 11) is 0. The zero-order valence-corrected chi connectivity index (χ0v) is 10.2. The summed E-state index contributed by atoms with van der Waals surface area (Å²) in [5, 5.41) is 31.9. The van der Waals surface area contributed by atoms with Crippen LogP contribution in [-0.2, 0) is 0 Å². The standard InChI is InChI=1S/C14H10N2O4/c17-10-3-1-8(2-4-10)13-15-14(20-16-13)9-5-11(18)7-12(19)6-9/h1-7,17-19H. The van der Waals surface area contributed by atoms with Gasteiger partial charge in [-0.2, -0.15) is 4.98 Å². The summed E-state index contributed by atoms with van der Waals surface area (Å²) in [5.74, 6) is 0.492. The maximum atomic E-state index is 9.43. The van der Waals surface area contributed by atoms with Crippen molar-refractivity contribution in [2.75, 3.05) is 0 Å². The molecule has 0 atom stereocenters. The molecular formula is C14H10N2O4. The Labute approximate surface area is 113 Å². The van der Waals surface area contributed by atoms with E-state index in [1.807, 2.05) is 0 Å². The Hall–Kier alpha value is -3.02. The molecule has 20 heavy (non-hydrogen) atoms. The Morgan fingerprint density at radius 3 is 2.05 bits per heavy atom. The first-order chi connectivity index (χ1) is 9.61. The van der Waals surface area contributed by atoms with Gasteiger partial charge in [-0.1, -0.05) is 5.16 Å². The lowest BCUT2D eigenvalue weighted by atomic mass is 10.2. The van der Waals surface area contributed by atoms with E-state index in [2.05, 4.69) is 10.1 Å². The van der Waals surface area contributed by atoms with Gasteiger partial charge in [-0.25, -0.2) is 0 Å². The number of phenols is 3. The summed E-state index contributed by atoms with van der Waals surface area (Å²) in [4.78, 5) is 4.18. The molecule has 0 saturated carbocycles. The van der Waals surface area contributed by atoms with Crippen LogP contribution in [-0.4, -0.2) is 25.5 Å². The van der Waals surface area contributed by atoms with E-state index in [-0.39, 0.29) is 23.1 Å². The molecule has 6 nitrogen and oxygen atoms in total. The van der Waals surface area contributed by atoms with Crippen LogP contribution >= 0.6 is 0 Å². The second-order valence-corrected chi connectivity index (χ2v) is 4.21. The van der Waals surface area contributed by atoms with Gasteiger partial charge in [0, 0.05) is 17.2 Å². The fourth-order valence-electron chi connectivity index (χ4n) is 1.79. The smallest absolute Gasteiger partial charge is 0.258 e. The molecule has 3 rings (SSSR count). The summed E-state index contributed by atoms with van der Waals surface area (Å²) >= 11 is 0. The molecule has 0 aliphatic heterocycles. The van der Waals surface area contributed by atoms with Gasteiger partial charge < -0.3 is 19.8 Å². The molecule has 3 aromatic rings. The molecule has 0 amide bonds. The van der Waals surface area contributed by atoms with Crippen LogP contribution in [0.5, 0.6) is 17.2 Å². The minimum Gasteiger partial charge on any atom is -0.508 e. The molecule has 6 heteroatoms. The van der Waals surface area contributed by atoms with E-state index in [1.165, 1.54) is 30.3 Å². The van der Waals surface area contributed by atoms with Gasteiger partial charge in [-0.15, -0.1) is 0 Å². The molecule has 1 heterocycles. The number of nitrogens with zero attached hydrogens (tertiary/aromatic N) is 2. The Bertz CT molecular complexity index is 730. The van der Waals surface area contributed by atoms with E-state index in [9.17, 15) is 15.3 Å². The first-order valence-corrected chi connectivity index (χ1v) is 5.78. The number of aromatic nitrogens is 2. The van der Waals surface area contributed by atoms with E-state index in [0.717, 1.165) is 0 Å². The van der Waals surface area contributed by atoms with Crippen molar-refractivity contribution in [1.82, 2.24) is 10.1 Å². The molecular weight excluding hydrogens is 260 g/mol. The molecule has 0 fully saturated rings. The first kappa shape index (κ1) is 12.0. The lowest BCUT2D eigenvalue weighted by Crippen LogP contribution is -1.81. The molecule has 1 aromatic heterocycles. The third kappa shape index (κ3) is 2.26. The molecule has 0 saturated heterocycles. The molecule has 0 bridgehead atoms. The van der Waals surface area contributed by atoms with Crippen molar-refractivity contribution in [1.29, 1.82) is 0 Å². The van der Waals surface area contributed by atoms with Crippen molar-refractivity contribution in [3.8, 4) is 40.1 Å². The lowest BCUT2D eigenvalue weighted by Gasteiger charge is -1.98. The number of benzene rings is 2. The zero-order chi connectivity index (χ0) is 14.1. The van der Waals surface area contributed by atoms with Crippen molar-refractivity contribution in [3.05, 3.63) is 42.5 Å². The van der Waals surface area contributed by atoms with E-state index in [1.54, 1.807) is 12.1 Å². The Balaban J connectivity index is 1.99. The molecule has 0 unspecified atom stereocenters. The van der Waals surface area contributed by atoms with Gasteiger partial charge >= 0.3 is 0 Å². The number of phenolic OH excluding ortho intramolecular Hbond substituents is 3. The van der Waals surface area contributed by atoms with Crippen molar-refractivity contribution in [2.24, 2.45) is 0 Å². The Morgan fingerprint density at radius 1 is 0.750 bits per heavy atom. The van der Waals surface area contributed by atoms with Crippen LogP contribution in [0.3, 0.4) is 0 Å². The second kappa shape index (κ2) is 4.58. The van der Waals surface area contributed by atoms with Gasteiger partial charge in [0.1, 0.15) is 17.2 Å². The van der Waals surface area contributed by atoms with E-state index in [4.69, 9.17) is 4.52 Å². The summed E-state index contributed by atoms with van der Waals surface area (Å²) in [6, 6.07) is 10.4. The fourth-order valence-corrected chi connectivity index (χ4v) is 1.79. The normalized spacial score (nSPS) is 10.6. The SMILES string of the molecule is Oc1ccc(-c2noc(-c3cc(O)cc(O)c3)n2)cc1. The van der Waals surface area contributed by atoms with E-state index >= 15 is 0 Å². The number of hydrogen-bond acceptors (Lipinski definition) is 6. The predicted octanol–water partition coefficient (Wildman–Crippen LogP) is 2.52. The highest BCUT2D eigenvalue weighted by atomic mass is 16.5. The van der Waals surface area contributed by atoms with E-state index in [0.29, 0.717) is 17.0 Å². The van der Waals surface area contributed by atoms with Gasteiger partial charge in [0.2, 0.25) is 5.82 Å². The topological polar surface area (TPSA) is 99.6 Å². The monoisotopic (exact) mass is 270 g/mol. The summed E-state index contributed by atoms with van der Waals surface area (Å²) in [5.41, 5.74) is 1.10. The number of hydrogen-bond donors (Lipinski definition) is 3. The molecule has 3 N–H and O–H groups in total. The number of rotatable bonds is 2. The highest BCUT2D eigenvalue weighted by Gasteiger charge is 2.12. The third-order valence-electron chi connectivity index (χ3n) is 2.70. The van der Waals surface area contributed by atoms with Crippen LogP contribution in [0.1, 0.15) is 0 Å². The quantitative estimate of drug-likeness (QED) is 0.661. The zero-order valence-electron chi connectivity index (χ0n) is 10.2. The molecule has 2 aromatic carbocycles. The van der Waals surface area contributed by atoms with Crippen molar-refractivity contribution in [3.63, 3.8) is 0 Å². The molecule has 0 radical (unpaired) electrons. The molecule has 0 aliphatic carbocycles. The first-order valence-electron chi connectivity index (χ1n) is 5.78. The van der Waals surface area contributed by atoms with Crippen molar-refractivity contribution < 1.29 is 19.8 Å². The summed E-state index contributed by atoms with van der Waals surface area (Å²) < 4.78 is 5.10. The largest absolute Gasteiger partial charge is 0.508 e. The molecule has 0 aliphatic rings. The maximum absolute atomic E-state index is 9.43. The van der Waals surface area contributed by atoms with Crippen LogP contribution in [0.25, 0.3) is 22.8 Å². The Kier molecular flexibility index (Phi) is 2.76. The summed E-state index contributed by atoms with van der Waals surface area (Å²) in [6.07, 6.45) is 0. The minimum absolute atomic E-state index is 0.0932. The minimum atomic E-state index is -0.0932. The highest BCUT2D eigenvalue weighted by molar-refractivity contribution is 5.62. The Morgan fingerprint density at radius 2 is 1.40 bits per heavy atom. The van der Waals surface area contributed by atoms with Crippen LogP contribution in [0.4, 0.5) is 0 Å². The van der Waals surface area contributed by atoms with Crippen LogP contribution in [0, 0.1) is 0 Å². The van der Waals surface area contributed by atoms with Crippen LogP contribution in [0.2, 0.25) is 0 Å². The van der Waals surface area contributed by atoms with E-state index < -0.39 is 0 Å².